The minimum Gasteiger partial charge on any atom is -0.566 e. The fourth-order valence-electron chi connectivity index (χ4n) is 4.05. The van der Waals surface area contributed by atoms with E-state index in [2.05, 4.69) is 67.7 Å². The molecule has 0 saturated carbocycles. The molecule has 0 spiro atoms. The van der Waals surface area contributed by atoms with Gasteiger partial charge in [0, 0.05) is 8.04 Å². The van der Waals surface area contributed by atoms with Crippen molar-refractivity contribution >= 4 is 33.3 Å². The van der Waals surface area contributed by atoms with Crippen molar-refractivity contribution in [2.24, 2.45) is 0 Å². The van der Waals surface area contributed by atoms with E-state index in [0.29, 0.717) is 0 Å². The fraction of sp³-hybridized carbons (Fsp3) is 1.00. The number of hydrogen-bond acceptors (Lipinski definition) is 9. The van der Waals surface area contributed by atoms with E-state index in [-0.39, 0.29) is 41.9 Å². The SMILES string of the molecule is [2H]C[C@H]1O[C@@H](C)[C@@H](O[Si](C)(C)C(C)(C)C)C1OP(C)OC[C@H]1O[C@@H](C)[C@@H](O[Si](C)(C)C(C)(C)C)C1O[P+](=O)[O-]. The molecule has 2 saturated heterocycles. The van der Waals surface area contributed by atoms with Crippen LogP contribution in [0.1, 0.15) is 63.7 Å². The Kier molecular flexibility index (Phi) is 11.2. The molecule has 0 aromatic rings. The summed E-state index contributed by atoms with van der Waals surface area (Å²) < 4.78 is 62.8. The molecule has 2 heterocycles. The molecule has 2 rings (SSSR count). The summed E-state index contributed by atoms with van der Waals surface area (Å²) in [5.41, 5.74) is 0. The van der Waals surface area contributed by atoms with Gasteiger partial charge in [-0.2, -0.15) is 0 Å². The van der Waals surface area contributed by atoms with Crippen LogP contribution >= 0.6 is 16.6 Å². The summed E-state index contributed by atoms with van der Waals surface area (Å²) in [5.74, 6) is 0. The average molecular weight is 616 g/mol. The molecule has 0 aromatic carbocycles. The normalized spacial score (nSPS) is 34.9. The first kappa shape index (κ1) is 33.1. The van der Waals surface area contributed by atoms with Gasteiger partial charge in [0.15, 0.2) is 31.1 Å². The summed E-state index contributed by atoms with van der Waals surface area (Å²) in [6, 6.07) is 0. The van der Waals surface area contributed by atoms with Gasteiger partial charge in [0.25, 0.3) is 0 Å². The minimum absolute atomic E-state index is 0.0147. The van der Waals surface area contributed by atoms with Gasteiger partial charge in [-0.05, 0) is 61.6 Å². The van der Waals surface area contributed by atoms with E-state index in [1.165, 1.54) is 0 Å². The molecule has 2 fully saturated rings. The molecule has 2 aliphatic heterocycles. The summed E-state index contributed by atoms with van der Waals surface area (Å²) in [6.07, 6.45) is -3.73. The van der Waals surface area contributed by atoms with Gasteiger partial charge in [-0.3, -0.25) is 0 Å². The Morgan fingerprint density at radius 2 is 1.34 bits per heavy atom. The zero-order chi connectivity index (χ0) is 30.1. The van der Waals surface area contributed by atoms with Crippen LogP contribution in [0.25, 0.3) is 0 Å². The van der Waals surface area contributed by atoms with Gasteiger partial charge < -0.3 is 32.3 Å². The molecule has 10 atom stereocenters. The highest BCUT2D eigenvalue weighted by Crippen LogP contribution is 2.46. The molecule has 13 heteroatoms. The molecule has 0 N–H and O–H groups in total. The molecule has 224 valence electrons. The van der Waals surface area contributed by atoms with Crippen LogP contribution in [0.15, 0.2) is 0 Å². The Morgan fingerprint density at radius 3 is 1.79 bits per heavy atom. The van der Waals surface area contributed by atoms with Crippen molar-refractivity contribution in [2.45, 2.75) is 147 Å². The van der Waals surface area contributed by atoms with Gasteiger partial charge in [0.2, 0.25) is 0 Å². The van der Waals surface area contributed by atoms with Crippen molar-refractivity contribution in [3.05, 3.63) is 0 Å². The lowest BCUT2D eigenvalue weighted by molar-refractivity contribution is -0.193. The van der Waals surface area contributed by atoms with Crippen molar-refractivity contribution in [3.8, 4) is 0 Å². The zero-order valence-corrected chi connectivity index (χ0v) is 29.4. The first-order chi connectivity index (χ1) is 17.6. The molecular weight excluding hydrogens is 562 g/mol. The summed E-state index contributed by atoms with van der Waals surface area (Å²) in [4.78, 5) is 11.6. The Labute approximate surface area is 236 Å². The number of ether oxygens (including phenoxy) is 2. The van der Waals surface area contributed by atoms with Gasteiger partial charge in [-0.1, -0.05) is 41.5 Å². The second-order valence-electron chi connectivity index (χ2n) is 13.5. The van der Waals surface area contributed by atoms with Gasteiger partial charge in [-0.25, -0.2) is 0 Å². The topological polar surface area (TPSA) is 105 Å². The maximum Gasteiger partial charge on any atom is 0.488 e. The highest BCUT2D eigenvalue weighted by Gasteiger charge is 2.52. The van der Waals surface area contributed by atoms with Crippen molar-refractivity contribution < 1.29 is 42.7 Å². The van der Waals surface area contributed by atoms with E-state index in [0.717, 1.165) is 0 Å². The molecule has 0 bridgehead atoms. The Balaban J connectivity index is 2.12. The quantitative estimate of drug-likeness (QED) is 0.201. The highest BCUT2D eigenvalue weighted by atomic mass is 31.2. The third-order valence-corrected chi connectivity index (χ3v) is 18.9. The van der Waals surface area contributed by atoms with Crippen LogP contribution < -0.4 is 4.89 Å². The van der Waals surface area contributed by atoms with Crippen LogP contribution in [0.3, 0.4) is 0 Å². The molecule has 2 aliphatic rings. The summed E-state index contributed by atoms with van der Waals surface area (Å²) in [5, 5.41) is -0.0458. The Morgan fingerprint density at radius 1 is 0.868 bits per heavy atom. The largest absolute Gasteiger partial charge is 0.566 e. The molecule has 9 nitrogen and oxygen atoms in total. The van der Waals surface area contributed by atoms with Crippen LogP contribution in [-0.4, -0.2) is 78.7 Å². The van der Waals surface area contributed by atoms with Gasteiger partial charge in [0.1, 0.15) is 24.4 Å². The van der Waals surface area contributed by atoms with Crippen LogP contribution in [0.5, 0.6) is 0 Å². The average Bonchev–Trinajstić information content (AvgIpc) is 3.20. The van der Waals surface area contributed by atoms with E-state index in [1.807, 2.05) is 20.5 Å². The Bertz CT molecular complexity index is 824. The van der Waals surface area contributed by atoms with Crippen molar-refractivity contribution in [1.82, 2.24) is 0 Å². The molecular formula is C25H52O9P2Si2. The molecule has 38 heavy (non-hydrogen) atoms. The van der Waals surface area contributed by atoms with E-state index >= 15 is 0 Å². The van der Waals surface area contributed by atoms with Gasteiger partial charge in [0.05, 0.1) is 24.9 Å². The minimum atomic E-state index is -3.11. The molecule has 4 unspecified atom stereocenters. The lowest BCUT2D eigenvalue weighted by Crippen LogP contribution is -2.49. The number of hydrogen-bond donors (Lipinski definition) is 0. The van der Waals surface area contributed by atoms with Gasteiger partial charge >= 0.3 is 8.25 Å². The third kappa shape index (κ3) is 8.58. The molecule has 0 radical (unpaired) electrons. The molecule has 0 amide bonds. The third-order valence-electron chi connectivity index (χ3n) is 8.46. The molecule has 0 aromatic heterocycles. The lowest BCUT2D eigenvalue weighted by atomic mass is 10.1. The second kappa shape index (κ2) is 12.9. The fourth-order valence-corrected chi connectivity index (χ4v) is 8.24. The van der Waals surface area contributed by atoms with E-state index < -0.39 is 63.8 Å². The highest BCUT2D eigenvalue weighted by molar-refractivity contribution is 7.46. The van der Waals surface area contributed by atoms with Crippen LogP contribution in [-0.2, 0) is 36.5 Å². The van der Waals surface area contributed by atoms with Gasteiger partial charge in [-0.15, -0.1) is 4.52 Å². The maximum atomic E-state index is 11.6. The first-order valence-electron chi connectivity index (χ1n) is 14.1. The zero-order valence-electron chi connectivity index (χ0n) is 26.6. The van der Waals surface area contributed by atoms with E-state index in [1.54, 1.807) is 0 Å². The summed E-state index contributed by atoms with van der Waals surface area (Å²) in [6.45, 7) is 27.4. The van der Waals surface area contributed by atoms with Crippen molar-refractivity contribution in [1.29, 1.82) is 0 Å². The summed E-state index contributed by atoms with van der Waals surface area (Å²) >= 11 is 0. The summed E-state index contributed by atoms with van der Waals surface area (Å²) in [7, 11) is -8.87. The van der Waals surface area contributed by atoms with E-state index in [4.69, 9.17) is 33.3 Å². The monoisotopic (exact) mass is 615 g/mol. The second-order valence-corrected chi connectivity index (χ2v) is 25.1. The van der Waals surface area contributed by atoms with E-state index in [9.17, 15) is 9.46 Å². The van der Waals surface area contributed by atoms with Crippen LogP contribution in [0.2, 0.25) is 36.3 Å². The maximum absolute atomic E-state index is 11.6. The Hall–Kier alpha value is 0.644. The predicted molar refractivity (Wildman–Crippen MR) is 155 cm³/mol. The predicted octanol–water partition coefficient (Wildman–Crippen LogP) is 6.11. The number of rotatable bonds is 11. The van der Waals surface area contributed by atoms with Crippen LogP contribution in [0.4, 0.5) is 0 Å². The van der Waals surface area contributed by atoms with Crippen molar-refractivity contribution in [3.63, 3.8) is 0 Å². The standard InChI is InChI=1S/C25H52O9P2Si2/c1-16-20(21(17(2)29-16)33-37(11,12)24(4,5)6)31-35(10)28-15-19-23(32-36(26)27)22(18(3)30-19)34-38(13,14)25(7,8)9/h16-23H,15H2,1-14H3/t16-,17+,18+,19-,20?,21-,22-,23?,35?/m1/s1/i1D. The lowest BCUT2D eigenvalue weighted by Gasteiger charge is -2.40. The smallest absolute Gasteiger partial charge is 0.488 e. The molecule has 0 aliphatic carbocycles. The van der Waals surface area contributed by atoms with Crippen LogP contribution in [0, 0.1) is 0 Å². The van der Waals surface area contributed by atoms with Crippen molar-refractivity contribution in [2.75, 3.05) is 13.3 Å². The first-order valence-corrected chi connectivity index (χ1v) is 22.0.